The molecule has 1 saturated carbocycles. The first-order valence-electron chi connectivity index (χ1n) is 6.87. The van der Waals surface area contributed by atoms with Crippen molar-refractivity contribution >= 4 is 45.2 Å². The van der Waals surface area contributed by atoms with Crippen LogP contribution < -0.4 is 0 Å². The molecular weight excluding hydrogens is 371 g/mol. The first kappa shape index (κ1) is 13.7. The van der Waals surface area contributed by atoms with Gasteiger partial charge in [0.15, 0.2) is 0 Å². The molecule has 1 fully saturated rings. The summed E-state index contributed by atoms with van der Waals surface area (Å²) in [6.45, 7) is 4.36. The smallest absolute Gasteiger partial charge is 0.127 e. The minimum Gasteiger partial charge on any atom is -0.324 e. The third-order valence-corrected chi connectivity index (χ3v) is 4.93. The lowest BCUT2D eigenvalue weighted by Gasteiger charge is -2.17. The van der Waals surface area contributed by atoms with Gasteiger partial charge >= 0.3 is 0 Å². The van der Waals surface area contributed by atoms with Crippen molar-refractivity contribution < 1.29 is 0 Å². The second-order valence-electron chi connectivity index (χ2n) is 5.66. The fourth-order valence-corrected chi connectivity index (χ4v) is 3.80. The molecule has 1 aliphatic carbocycles. The Balaban J connectivity index is 2.16. The molecular formula is C15H18ClIN2. The molecule has 1 heterocycles. The number of fused-ring (bicyclic) bond motifs is 1. The Hall–Kier alpha value is -0.290. The lowest BCUT2D eigenvalue weighted by Crippen LogP contribution is -2.10. The zero-order valence-corrected chi connectivity index (χ0v) is 14.1. The van der Waals surface area contributed by atoms with Crippen LogP contribution in [-0.4, -0.2) is 9.55 Å². The second kappa shape index (κ2) is 5.24. The summed E-state index contributed by atoms with van der Waals surface area (Å²) in [5.41, 5.74) is 2.32. The predicted molar refractivity (Wildman–Crippen MR) is 88.8 cm³/mol. The quantitative estimate of drug-likeness (QED) is 0.504. The van der Waals surface area contributed by atoms with E-state index in [9.17, 15) is 0 Å². The summed E-state index contributed by atoms with van der Waals surface area (Å²) in [7, 11) is 0. The standard InChI is InChI=1S/C15H18ClIN2/c1-9-3-5-12(7-9)19-14-6-4-11(17)8-13(14)18-15(19)10(2)16/h4,6,8-10,12H,3,5,7H2,1-2H3. The Morgan fingerprint density at radius 1 is 1.42 bits per heavy atom. The molecule has 1 aliphatic rings. The predicted octanol–water partition coefficient (Wildman–Crippen LogP) is 5.30. The highest BCUT2D eigenvalue weighted by molar-refractivity contribution is 14.1. The molecule has 0 saturated heterocycles. The van der Waals surface area contributed by atoms with Gasteiger partial charge in [-0.2, -0.15) is 0 Å². The maximum atomic E-state index is 6.35. The van der Waals surface area contributed by atoms with E-state index in [2.05, 4.69) is 52.3 Å². The maximum absolute atomic E-state index is 6.35. The number of alkyl halides is 1. The van der Waals surface area contributed by atoms with Gasteiger partial charge in [0.2, 0.25) is 0 Å². The van der Waals surface area contributed by atoms with Crippen molar-refractivity contribution in [3.05, 3.63) is 27.6 Å². The monoisotopic (exact) mass is 388 g/mol. The molecule has 19 heavy (non-hydrogen) atoms. The summed E-state index contributed by atoms with van der Waals surface area (Å²) in [4.78, 5) is 4.77. The lowest BCUT2D eigenvalue weighted by molar-refractivity contribution is 0.488. The van der Waals surface area contributed by atoms with Crippen molar-refractivity contribution in [1.82, 2.24) is 9.55 Å². The average molecular weight is 389 g/mol. The Kier molecular flexibility index (Phi) is 3.78. The molecule has 3 atom stereocenters. The van der Waals surface area contributed by atoms with E-state index < -0.39 is 0 Å². The molecule has 0 N–H and O–H groups in total. The van der Waals surface area contributed by atoms with E-state index in [1.165, 1.54) is 28.3 Å². The molecule has 0 bridgehead atoms. The summed E-state index contributed by atoms with van der Waals surface area (Å²) in [6, 6.07) is 7.06. The van der Waals surface area contributed by atoms with Crippen LogP contribution >= 0.6 is 34.2 Å². The van der Waals surface area contributed by atoms with Crippen LogP contribution in [0.4, 0.5) is 0 Å². The number of nitrogens with zero attached hydrogens (tertiary/aromatic N) is 2. The second-order valence-corrected chi connectivity index (χ2v) is 7.56. The van der Waals surface area contributed by atoms with E-state index in [0.29, 0.717) is 6.04 Å². The Morgan fingerprint density at radius 3 is 2.84 bits per heavy atom. The van der Waals surface area contributed by atoms with Gasteiger partial charge in [0.05, 0.1) is 16.4 Å². The Bertz CT molecular complexity index is 605. The van der Waals surface area contributed by atoms with Crippen molar-refractivity contribution in [2.45, 2.75) is 44.5 Å². The van der Waals surface area contributed by atoms with Crippen molar-refractivity contribution in [3.63, 3.8) is 0 Å². The Labute approximate surface area is 132 Å². The number of hydrogen-bond acceptors (Lipinski definition) is 1. The van der Waals surface area contributed by atoms with E-state index in [1.54, 1.807) is 0 Å². The molecule has 0 spiro atoms. The lowest BCUT2D eigenvalue weighted by atomic mass is 10.1. The average Bonchev–Trinajstić information content (AvgIpc) is 2.91. The molecule has 0 amide bonds. The largest absolute Gasteiger partial charge is 0.324 e. The fourth-order valence-electron chi connectivity index (χ4n) is 3.17. The number of benzene rings is 1. The molecule has 102 valence electrons. The van der Waals surface area contributed by atoms with Crippen molar-refractivity contribution in [1.29, 1.82) is 0 Å². The highest BCUT2D eigenvalue weighted by atomic mass is 127. The van der Waals surface area contributed by atoms with Gasteiger partial charge in [0, 0.05) is 9.61 Å². The van der Waals surface area contributed by atoms with Crippen LogP contribution in [0.15, 0.2) is 18.2 Å². The van der Waals surface area contributed by atoms with Crippen LogP contribution in [0.25, 0.3) is 11.0 Å². The number of halogens is 2. The van der Waals surface area contributed by atoms with Gasteiger partial charge in [-0.25, -0.2) is 4.98 Å². The van der Waals surface area contributed by atoms with E-state index in [4.69, 9.17) is 16.6 Å². The van der Waals surface area contributed by atoms with Gasteiger partial charge in [-0.1, -0.05) is 6.92 Å². The number of rotatable bonds is 2. The molecule has 1 aromatic carbocycles. The number of imidazole rings is 1. The summed E-state index contributed by atoms with van der Waals surface area (Å²) < 4.78 is 3.62. The van der Waals surface area contributed by atoms with Gasteiger partial charge in [-0.05, 0) is 72.9 Å². The van der Waals surface area contributed by atoms with Crippen LogP contribution in [0.3, 0.4) is 0 Å². The van der Waals surface area contributed by atoms with Crippen LogP contribution in [0.5, 0.6) is 0 Å². The van der Waals surface area contributed by atoms with E-state index >= 15 is 0 Å². The Morgan fingerprint density at radius 2 is 2.21 bits per heavy atom. The van der Waals surface area contributed by atoms with Gasteiger partial charge in [-0.3, -0.25) is 0 Å². The first-order valence-corrected chi connectivity index (χ1v) is 8.39. The third kappa shape index (κ3) is 2.51. The molecule has 2 nitrogen and oxygen atoms in total. The van der Waals surface area contributed by atoms with Crippen LogP contribution in [0.1, 0.15) is 50.4 Å². The van der Waals surface area contributed by atoms with Gasteiger partial charge in [0.1, 0.15) is 5.82 Å². The molecule has 3 rings (SSSR count). The SMILES string of the molecule is CC1CCC(n2c(C(C)Cl)nc3cc(I)ccc32)C1. The molecule has 2 aromatic rings. The van der Waals surface area contributed by atoms with Crippen molar-refractivity contribution in [3.8, 4) is 0 Å². The van der Waals surface area contributed by atoms with Gasteiger partial charge < -0.3 is 4.57 Å². The molecule has 1 aromatic heterocycles. The van der Waals surface area contributed by atoms with E-state index in [1.807, 2.05) is 6.92 Å². The highest BCUT2D eigenvalue weighted by Gasteiger charge is 2.27. The first-order chi connectivity index (χ1) is 9.06. The van der Waals surface area contributed by atoms with Gasteiger partial charge in [0.25, 0.3) is 0 Å². The van der Waals surface area contributed by atoms with Crippen LogP contribution in [0, 0.1) is 9.49 Å². The minimum atomic E-state index is -0.0408. The van der Waals surface area contributed by atoms with Crippen molar-refractivity contribution in [2.75, 3.05) is 0 Å². The van der Waals surface area contributed by atoms with E-state index in [0.717, 1.165) is 17.3 Å². The minimum absolute atomic E-state index is 0.0408. The topological polar surface area (TPSA) is 17.8 Å². The number of hydrogen-bond donors (Lipinski definition) is 0. The fraction of sp³-hybridized carbons (Fsp3) is 0.533. The highest BCUT2D eigenvalue weighted by Crippen LogP contribution is 2.39. The zero-order valence-electron chi connectivity index (χ0n) is 11.2. The molecule has 0 radical (unpaired) electrons. The van der Waals surface area contributed by atoms with E-state index in [-0.39, 0.29) is 5.38 Å². The third-order valence-electron chi connectivity index (χ3n) is 4.07. The van der Waals surface area contributed by atoms with Crippen LogP contribution in [-0.2, 0) is 0 Å². The summed E-state index contributed by atoms with van der Waals surface area (Å²) in [5, 5.41) is -0.0408. The zero-order chi connectivity index (χ0) is 13.6. The van der Waals surface area contributed by atoms with Crippen LogP contribution in [0.2, 0.25) is 0 Å². The molecule has 3 unspecified atom stereocenters. The van der Waals surface area contributed by atoms with Crippen molar-refractivity contribution in [2.24, 2.45) is 5.92 Å². The molecule has 0 aliphatic heterocycles. The maximum Gasteiger partial charge on any atom is 0.127 e. The summed E-state index contributed by atoms with van der Waals surface area (Å²) in [6.07, 6.45) is 3.80. The summed E-state index contributed by atoms with van der Waals surface area (Å²) in [5.74, 6) is 1.84. The normalized spacial score (nSPS) is 25.1. The number of aromatic nitrogens is 2. The van der Waals surface area contributed by atoms with Gasteiger partial charge in [-0.15, -0.1) is 11.6 Å². The summed E-state index contributed by atoms with van der Waals surface area (Å²) >= 11 is 8.68. The molecule has 4 heteroatoms.